The molecule has 43 heavy (non-hydrogen) atoms. The summed E-state index contributed by atoms with van der Waals surface area (Å²) >= 11 is 6.41. The number of rotatable bonds is 12. The molecule has 8 nitrogen and oxygen atoms in total. The topological polar surface area (TPSA) is 96.0 Å². The van der Waals surface area contributed by atoms with Gasteiger partial charge in [-0.25, -0.2) is 8.42 Å². The van der Waals surface area contributed by atoms with Gasteiger partial charge in [-0.3, -0.25) is 13.9 Å². The molecule has 0 aliphatic rings. The second kappa shape index (κ2) is 14.2. The fourth-order valence-electron chi connectivity index (χ4n) is 4.79. The van der Waals surface area contributed by atoms with Crippen LogP contribution in [0.5, 0.6) is 5.75 Å². The molecule has 1 N–H and O–H groups in total. The molecule has 4 aromatic rings. The first-order chi connectivity index (χ1) is 20.6. The van der Waals surface area contributed by atoms with Crippen LogP contribution in [-0.4, -0.2) is 51.9 Å². The molecule has 0 heterocycles. The van der Waals surface area contributed by atoms with Crippen molar-refractivity contribution >= 4 is 39.1 Å². The highest BCUT2D eigenvalue weighted by Gasteiger charge is 2.35. The molecule has 10 heteroatoms. The summed E-state index contributed by atoms with van der Waals surface area (Å²) in [6.07, 6.45) is 0.220. The first-order valence-electron chi connectivity index (χ1n) is 13.7. The van der Waals surface area contributed by atoms with Crippen LogP contribution >= 0.6 is 11.6 Å². The number of carbonyl (C=O) groups excluding carboxylic acids is 2. The van der Waals surface area contributed by atoms with Crippen LogP contribution in [0.1, 0.15) is 16.7 Å². The lowest BCUT2D eigenvalue weighted by atomic mass is 10.0. The Morgan fingerprint density at radius 2 is 1.51 bits per heavy atom. The van der Waals surface area contributed by atoms with Crippen molar-refractivity contribution in [2.24, 2.45) is 0 Å². The third-order valence-electron chi connectivity index (χ3n) is 7.12. The maximum absolute atomic E-state index is 14.4. The average molecular weight is 620 g/mol. The summed E-state index contributed by atoms with van der Waals surface area (Å²) < 4.78 is 34.6. The van der Waals surface area contributed by atoms with Gasteiger partial charge in [-0.2, -0.15) is 0 Å². The standard InChI is InChI=1S/C33H34ClN3O5S/c1-24-29(34)18-11-19-30(24)37(43(40,41)28-16-8-5-9-17-28)23-32(38)36(22-26-14-10-15-27(20-26)42-3)31(33(39)35-2)21-25-12-6-4-7-13-25/h4-20,31H,21-23H2,1-3H3,(H,35,39)/t31-/m1/s1. The number of anilines is 1. The van der Waals surface area contributed by atoms with E-state index in [9.17, 15) is 18.0 Å². The number of carbonyl (C=O) groups is 2. The van der Waals surface area contributed by atoms with E-state index in [1.54, 1.807) is 68.6 Å². The van der Waals surface area contributed by atoms with Gasteiger partial charge in [0.15, 0.2) is 0 Å². The highest BCUT2D eigenvalue weighted by molar-refractivity contribution is 7.92. The molecule has 2 amide bonds. The third kappa shape index (κ3) is 7.55. The van der Waals surface area contributed by atoms with Gasteiger partial charge in [-0.1, -0.05) is 78.3 Å². The number of hydrogen-bond donors (Lipinski definition) is 1. The van der Waals surface area contributed by atoms with Gasteiger partial charge in [-0.15, -0.1) is 0 Å². The van der Waals surface area contributed by atoms with Gasteiger partial charge < -0.3 is 15.0 Å². The van der Waals surface area contributed by atoms with Crippen molar-refractivity contribution in [3.63, 3.8) is 0 Å². The molecule has 224 valence electrons. The predicted octanol–water partition coefficient (Wildman–Crippen LogP) is 5.24. The molecule has 0 bridgehead atoms. The second-order valence-electron chi connectivity index (χ2n) is 9.90. The normalized spacial score (nSPS) is 11.8. The number of sulfonamides is 1. The van der Waals surface area contributed by atoms with Crippen LogP contribution in [0.4, 0.5) is 5.69 Å². The molecule has 0 fully saturated rings. The van der Waals surface area contributed by atoms with Gasteiger partial charge in [0.05, 0.1) is 17.7 Å². The minimum Gasteiger partial charge on any atom is -0.497 e. The third-order valence-corrected chi connectivity index (χ3v) is 9.31. The quantitative estimate of drug-likeness (QED) is 0.234. The molecule has 0 radical (unpaired) electrons. The first kappa shape index (κ1) is 31.6. The Morgan fingerprint density at radius 1 is 0.884 bits per heavy atom. The zero-order valence-electron chi connectivity index (χ0n) is 24.2. The summed E-state index contributed by atoms with van der Waals surface area (Å²) in [6, 6.07) is 28.4. The number of halogens is 1. The number of nitrogens with zero attached hydrogens (tertiary/aromatic N) is 2. The Balaban J connectivity index is 1.82. The molecule has 4 aromatic carbocycles. The van der Waals surface area contributed by atoms with Gasteiger partial charge in [0.1, 0.15) is 18.3 Å². The van der Waals surface area contributed by atoms with E-state index in [1.807, 2.05) is 36.4 Å². The van der Waals surface area contributed by atoms with Gasteiger partial charge >= 0.3 is 0 Å². The Labute approximate surface area is 257 Å². The smallest absolute Gasteiger partial charge is 0.264 e. The lowest BCUT2D eigenvalue weighted by Gasteiger charge is -2.34. The molecule has 0 unspecified atom stereocenters. The Hall–Kier alpha value is -4.34. The summed E-state index contributed by atoms with van der Waals surface area (Å²) in [5.41, 5.74) is 2.33. The highest BCUT2D eigenvalue weighted by atomic mass is 35.5. The summed E-state index contributed by atoms with van der Waals surface area (Å²) in [6.45, 7) is 1.17. The van der Waals surface area contributed by atoms with Crippen molar-refractivity contribution in [3.05, 3.63) is 125 Å². The average Bonchev–Trinajstić information content (AvgIpc) is 3.03. The van der Waals surface area contributed by atoms with E-state index in [4.69, 9.17) is 16.3 Å². The Kier molecular flexibility index (Phi) is 10.4. The van der Waals surface area contributed by atoms with E-state index >= 15 is 0 Å². The number of benzene rings is 4. The van der Waals surface area contributed by atoms with Gasteiger partial charge in [0, 0.05) is 25.0 Å². The molecule has 0 spiro atoms. The van der Waals surface area contributed by atoms with Crippen molar-refractivity contribution < 1.29 is 22.7 Å². The molecular weight excluding hydrogens is 586 g/mol. The number of hydrogen-bond acceptors (Lipinski definition) is 5. The summed E-state index contributed by atoms with van der Waals surface area (Å²) in [7, 11) is -1.15. The van der Waals surface area contributed by atoms with Crippen LogP contribution < -0.4 is 14.4 Å². The van der Waals surface area contributed by atoms with E-state index in [0.717, 1.165) is 9.87 Å². The maximum atomic E-state index is 14.4. The molecule has 1 atom stereocenters. The lowest BCUT2D eigenvalue weighted by molar-refractivity contribution is -0.139. The molecule has 0 aliphatic heterocycles. The van der Waals surface area contributed by atoms with Crippen LogP contribution in [0.3, 0.4) is 0 Å². The number of amides is 2. The van der Waals surface area contributed by atoms with E-state index in [-0.39, 0.29) is 29.5 Å². The van der Waals surface area contributed by atoms with Crippen molar-refractivity contribution in [2.75, 3.05) is 25.0 Å². The summed E-state index contributed by atoms with van der Waals surface area (Å²) in [5, 5.41) is 3.04. The fraction of sp³-hybridized carbons (Fsp3) is 0.212. The molecule has 0 aromatic heterocycles. The van der Waals surface area contributed by atoms with Crippen molar-refractivity contribution in [1.29, 1.82) is 0 Å². The Bertz CT molecular complexity index is 1670. The molecular formula is C33H34ClN3O5S. The minimum atomic E-state index is -4.21. The van der Waals surface area contributed by atoms with Crippen LogP contribution in [-0.2, 0) is 32.6 Å². The van der Waals surface area contributed by atoms with E-state index in [1.165, 1.54) is 24.1 Å². The molecule has 0 saturated heterocycles. The minimum absolute atomic E-state index is 0.0219. The van der Waals surface area contributed by atoms with Crippen LogP contribution in [0, 0.1) is 6.92 Å². The summed E-state index contributed by atoms with van der Waals surface area (Å²) in [4.78, 5) is 29.2. The summed E-state index contributed by atoms with van der Waals surface area (Å²) in [5.74, 6) is -0.352. The van der Waals surface area contributed by atoms with Crippen LogP contribution in [0.25, 0.3) is 0 Å². The zero-order chi connectivity index (χ0) is 31.0. The maximum Gasteiger partial charge on any atom is 0.264 e. The lowest BCUT2D eigenvalue weighted by Crippen LogP contribution is -2.53. The van der Waals surface area contributed by atoms with E-state index in [2.05, 4.69) is 5.32 Å². The zero-order valence-corrected chi connectivity index (χ0v) is 25.8. The van der Waals surface area contributed by atoms with Gasteiger partial charge in [0.2, 0.25) is 11.8 Å². The van der Waals surface area contributed by atoms with Crippen LogP contribution in [0.2, 0.25) is 5.02 Å². The number of likely N-dealkylation sites (N-methyl/N-ethyl adjacent to an activating group) is 1. The van der Waals surface area contributed by atoms with Crippen molar-refractivity contribution in [2.45, 2.75) is 30.8 Å². The monoisotopic (exact) mass is 619 g/mol. The number of ether oxygens (including phenoxy) is 1. The number of methoxy groups -OCH3 is 1. The van der Waals surface area contributed by atoms with Crippen molar-refractivity contribution in [1.82, 2.24) is 10.2 Å². The second-order valence-corrected chi connectivity index (χ2v) is 12.2. The highest BCUT2D eigenvalue weighted by Crippen LogP contribution is 2.31. The first-order valence-corrected chi connectivity index (χ1v) is 15.5. The predicted molar refractivity (Wildman–Crippen MR) is 169 cm³/mol. The fourth-order valence-corrected chi connectivity index (χ4v) is 6.45. The van der Waals surface area contributed by atoms with Crippen LogP contribution in [0.15, 0.2) is 108 Å². The molecule has 4 rings (SSSR count). The Morgan fingerprint density at radius 3 is 2.16 bits per heavy atom. The molecule has 0 saturated carbocycles. The van der Waals surface area contributed by atoms with Gasteiger partial charge in [0.25, 0.3) is 10.0 Å². The molecule has 0 aliphatic carbocycles. The van der Waals surface area contributed by atoms with E-state index < -0.39 is 28.5 Å². The van der Waals surface area contributed by atoms with Gasteiger partial charge in [-0.05, 0) is 60.0 Å². The van der Waals surface area contributed by atoms with Crippen molar-refractivity contribution in [3.8, 4) is 5.75 Å². The number of nitrogens with one attached hydrogen (secondary N) is 1. The SMILES string of the molecule is CNC(=O)[C@@H](Cc1ccccc1)N(Cc1cccc(OC)c1)C(=O)CN(c1cccc(Cl)c1C)S(=O)(=O)c1ccccc1. The largest absolute Gasteiger partial charge is 0.497 e. The van der Waals surface area contributed by atoms with E-state index in [0.29, 0.717) is 21.9 Å².